The summed E-state index contributed by atoms with van der Waals surface area (Å²) >= 11 is 1.30. The van der Waals surface area contributed by atoms with Crippen LogP contribution in [-0.2, 0) is 17.8 Å². The molecular weight excluding hydrogens is 385 g/mol. The average Bonchev–Trinajstić information content (AvgIpc) is 3.09. The molecule has 0 aliphatic carbocycles. The molecule has 1 amide bonds. The fourth-order valence-electron chi connectivity index (χ4n) is 2.41. The number of hydrogen-bond donors (Lipinski definition) is 1. The van der Waals surface area contributed by atoms with E-state index < -0.39 is 10.7 Å². The van der Waals surface area contributed by atoms with E-state index in [2.05, 4.69) is 10.3 Å². The third-order valence-corrected chi connectivity index (χ3v) is 4.73. The second-order valence-electron chi connectivity index (χ2n) is 5.93. The molecule has 3 rings (SSSR count). The predicted octanol–water partition coefficient (Wildman–Crippen LogP) is 4.26. The fourth-order valence-corrected chi connectivity index (χ4v) is 3.19. The number of nitro groups is 1. The highest BCUT2D eigenvalue weighted by Gasteiger charge is 2.13. The summed E-state index contributed by atoms with van der Waals surface area (Å²) in [5, 5.41) is 15.8. The van der Waals surface area contributed by atoms with Gasteiger partial charge in [-0.25, -0.2) is 9.37 Å². The number of carbonyl (C=O) groups is 1. The Labute approximate surface area is 164 Å². The summed E-state index contributed by atoms with van der Waals surface area (Å²) in [5.41, 5.74) is 1.91. The smallest absolute Gasteiger partial charge is 0.272 e. The number of thiazole rings is 1. The van der Waals surface area contributed by atoms with Crippen molar-refractivity contribution >= 4 is 28.6 Å². The Hall–Kier alpha value is -3.33. The van der Waals surface area contributed by atoms with Crippen LogP contribution in [0.2, 0.25) is 0 Å². The molecule has 144 valence electrons. The van der Waals surface area contributed by atoms with Gasteiger partial charge in [0.25, 0.3) is 5.69 Å². The molecule has 0 radical (unpaired) electrons. The van der Waals surface area contributed by atoms with Crippen LogP contribution in [0.4, 0.5) is 15.8 Å². The highest BCUT2D eigenvalue weighted by atomic mass is 32.1. The maximum atomic E-state index is 13.8. The van der Waals surface area contributed by atoms with E-state index in [-0.39, 0.29) is 30.4 Å². The normalized spacial score (nSPS) is 10.5. The van der Waals surface area contributed by atoms with Crippen molar-refractivity contribution in [3.8, 4) is 5.75 Å². The van der Waals surface area contributed by atoms with Gasteiger partial charge in [-0.15, -0.1) is 11.3 Å². The van der Waals surface area contributed by atoms with Crippen molar-refractivity contribution in [1.82, 2.24) is 4.98 Å². The van der Waals surface area contributed by atoms with Crippen LogP contribution in [0, 0.1) is 22.9 Å². The molecule has 9 heteroatoms. The largest absolute Gasteiger partial charge is 0.484 e. The molecule has 0 unspecified atom stereocenters. The van der Waals surface area contributed by atoms with Gasteiger partial charge in [0.05, 0.1) is 23.1 Å². The Morgan fingerprint density at radius 3 is 2.82 bits per heavy atom. The molecule has 0 fully saturated rings. The molecule has 28 heavy (non-hydrogen) atoms. The summed E-state index contributed by atoms with van der Waals surface area (Å²) in [4.78, 5) is 26.4. The van der Waals surface area contributed by atoms with Gasteiger partial charge in [-0.05, 0) is 24.6 Å². The number of halogens is 1. The number of benzene rings is 2. The number of anilines is 1. The zero-order valence-electron chi connectivity index (χ0n) is 14.8. The van der Waals surface area contributed by atoms with Crippen LogP contribution < -0.4 is 10.1 Å². The predicted molar refractivity (Wildman–Crippen MR) is 103 cm³/mol. The molecule has 2 aromatic carbocycles. The average molecular weight is 401 g/mol. The molecule has 1 heterocycles. The number of nitro benzene ring substituents is 1. The van der Waals surface area contributed by atoms with Crippen molar-refractivity contribution in [2.75, 3.05) is 5.32 Å². The highest BCUT2D eigenvalue weighted by molar-refractivity contribution is 7.09. The lowest BCUT2D eigenvalue weighted by Gasteiger charge is -2.07. The number of nitrogens with zero attached hydrogens (tertiary/aromatic N) is 2. The van der Waals surface area contributed by atoms with Gasteiger partial charge in [-0.1, -0.05) is 18.2 Å². The second kappa shape index (κ2) is 8.57. The summed E-state index contributed by atoms with van der Waals surface area (Å²) in [7, 11) is 0. The molecule has 0 atom stereocenters. The first kappa shape index (κ1) is 19.4. The van der Waals surface area contributed by atoms with Crippen LogP contribution in [0.1, 0.15) is 16.3 Å². The van der Waals surface area contributed by atoms with E-state index in [0.29, 0.717) is 10.7 Å². The van der Waals surface area contributed by atoms with Crippen LogP contribution in [0.5, 0.6) is 5.75 Å². The number of para-hydroxylation sites is 1. The minimum Gasteiger partial charge on any atom is -0.484 e. The van der Waals surface area contributed by atoms with Crippen molar-refractivity contribution in [2.45, 2.75) is 20.0 Å². The lowest BCUT2D eigenvalue weighted by atomic mass is 10.2. The molecule has 0 spiro atoms. The van der Waals surface area contributed by atoms with Gasteiger partial charge < -0.3 is 10.1 Å². The number of non-ortho nitro benzene ring substituents is 1. The Bertz CT molecular complexity index is 1020. The van der Waals surface area contributed by atoms with Crippen LogP contribution in [0.15, 0.2) is 47.8 Å². The third kappa shape index (κ3) is 4.89. The second-order valence-corrected chi connectivity index (χ2v) is 6.88. The van der Waals surface area contributed by atoms with Crippen molar-refractivity contribution in [3.63, 3.8) is 0 Å². The molecule has 0 aliphatic heterocycles. The molecule has 0 saturated heterocycles. The van der Waals surface area contributed by atoms with Crippen LogP contribution in [0.3, 0.4) is 0 Å². The van der Waals surface area contributed by atoms with Gasteiger partial charge in [0, 0.05) is 17.1 Å². The van der Waals surface area contributed by atoms with E-state index in [0.717, 1.165) is 17.3 Å². The lowest BCUT2D eigenvalue weighted by molar-refractivity contribution is -0.385. The van der Waals surface area contributed by atoms with Crippen molar-refractivity contribution < 1.29 is 18.8 Å². The van der Waals surface area contributed by atoms with E-state index in [4.69, 9.17) is 4.74 Å². The summed E-state index contributed by atoms with van der Waals surface area (Å²) in [5.74, 6) is -1.10. The Morgan fingerprint density at radius 2 is 2.11 bits per heavy atom. The van der Waals surface area contributed by atoms with Gasteiger partial charge in [-0.3, -0.25) is 14.9 Å². The van der Waals surface area contributed by atoms with E-state index in [1.807, 2.05) is 31.2 Å². The maximum absolute atomic E-state index is 13.8. The van der Waals surface area contributed by atoms with Crippen molar-refractivity contribution in [1.29, 1.82) is 0 Å². The fraction of sp³-hybridized carbons (Fsp3) is 0.158. The Morgan fingerprint density at radius 1 is 1.32 bits per heavy atom. The van der Waals surface area contributed by atoms with E-state index in [9.17, 15) is 19.3 Å². The molecular formula is C19H16FN3O4S. The quantitative estimate of drug-likeness (QED) is 0.472. The Kier molecular flexibility index (Phi) is 5.95. The molecule has 0 aliphatic rings. The molecule has 7 nitrogen and oxygen atoms in total. The van der Waals surface area contributed by atoms with Gasteiger partial charge in [-0.2, -0.15) is 0 Å². The number of amides is 1. The lowest BCUT2D eigenvalue weighted by Crippen LogP contribution is -2.15. The number of aromatic nitrogens is 1. The van der Waals surface area contributed by atoms with Crippen LogP contribution in [0.25, 0.3) is 0 Å². The van der Waals surface area contributed by atoms with E-state index >= 15 is 0 Å². The van der Waals surface area contributed by atoms with Crippen molar-refractivity contribution in [3.05, 3.63) is 80.0 Å². The van der Waals surface area contributed by atoms with E-state index in [1.54, 1.807) is 5.38 Å². The number of hydrogen-bond acceptors (Lipinski definition) is 6. The van der Waals surface area contributed by atoms with Gasteiger partial charge in [0.1, 0.15) is 11.6 Å². The number of rotatable bonds is 7. The number of carbonyl (C=O) groups excluding carboxylic acids is 1. The first-order valence-corrected chi connectivity index (χ1v) is 9.16. The summed E-state index contributed by atoms with van der Waals surface area (Å²) in [6.07, 6.45) is 0.116. The minimum atomic E-state index is -0.817. The molecule has 1 N–H and O–H groups in total. The first-order valence-electron chi connectivity index (χ1n) is 8.28. The summed E-state index contributed by atoms with van der Waals surface area (Å²) in [6, 6.07) is 10.7. The monoisotopic (exact) mass is 401 g/mol. The topological polar surface area (TPSA) is 94.4 Å². The van der Waals surface area contributed by atoms with Crippen LogP contribution >= 0.6 is 11.3 Å². The maximum Gasteiger partial charge on any atom is 0.272 e. The SMILES string of the molecule is Cc1ccccc1NC(=O)Cc1nc(COc2ccc([N+](=O)[O-])cc2F)cs1. The molecule has 3 aromatic rings. The van der Waals surface area contributed by atoms with Gasteiger partial charge >= 0.3 is 0 Å². The summed E-state index contributed by atoms with van der Waals surface area (Å²) in [6.45, 7) is 1.90. The number of aryl methyl sites for hydroxylation is 1. The van der Waals surface area contributed by atoms with Crippen LogP contribution in [-0.4, -0.2) is 15.8 Å². The van der Waals surface area contributed by atoms with Gasteiger partial charge in [0.2, 0.25) is 5.91 Å². The highest BCUT2D eigenvalue weighted by Crippen LogP contribution is 2.23. The van der Waals surface area contributed by atoms with Gasteiger partial charge in [0.15, 0.2) is 11.6 Å². The Balaban J connectivity index is 1.56. The van der Waals surface area contributed by atoms with E-state index in [1.165, 1.54) is 23.5 Å². The number of nitrogens with one attached hydrogen (secondary N) is 1. The molecule has 0 bridgehead atoms. The molecule has 0 saturated carbocycles. The minimum absolute atomic E-state index is 0.00928. The first-order chi connectivity index (χ1) is 13.4. The summed E-state index contributed by atoms with van der Waals surface area (Å²) < 4.78 is 19.2. The molecule has 1 aromatic heterocycles. The standard InChI is InChI=1S/C19H16FN3O4S/c1-12-4-2-3-5-16(12)22-18(24)9-19-21-13(11-28-19)10-27-17-7-6-14(23(25)26)8-15(17)20/h2-8,11H,9-10H2,1H3,(H,22,24). The number of ether oxygens (including phenoxy) is 1. The zero-order chi connectivity index (χ0) is 20.1. The van der Waals surface area contributed by atoms with Crippen molar-refractivity contribution in [2.24, 2.45) is 0 Å². The zero-order valence-corrected chi connectivity index (χ0v) is 15.7. The third-order valence-electron chi connectivity index (χ3n) is 3.83.